The van der Waals surface area contributed by atoms with E-state index in [2.05, 4.69) is 10.3 Å². The topological polar surface area (TPSA) is 117 Å². The third kappa shape index (κ3) is 3.19. The van der Waals surface area contributed by atoms with Gasteiger partial charge < -0.3 is 10.4 Å². The SMILES string of the molecule is CN(CC(=O)NC1(C(=O)O)CC1)S(=O)(=O)c1cccnc1. The first-order chi connectivity index (χ1) is 9.78. The number of amides is 1. The van der Waals surface area contributed by atoms with Gasteiger partial charge in [-0.1, -0.05) is 0 Å². The molecule has 1 heterocycles. The first-order valence-corrected chi connectivity index (χ1v) is 7.63. The van der Waals surface area contributed by atoms with E-state index in [1.54, 1.807) is 0 Å². The van der Waals surface area contributed by atoms with Gasteiger partial charge in [0.2, 0.25) is 15.9 Å². The van der Waals surface area contributed by atoms with Gasteiger partial charge in [0.1, 0.15) is 10.4 Å². The first kappa shape index (κ1) is 15.4. The van der Waals surface area contributed by atoms with Crippen molar-refractivity contribution in [2.75, 3.05) is 13.6 Å². The van der Waals surface area contributed by atoms with E-state index >= 15 is 0 Å². The third-order valence-corrected chi connectivity index (χ3v) is 5.03. The lowest BCUT2D eigenvalue weighted by Gasteiger charge is -2.18. The molecule has 0 aromatic carbocycles. The Kier molecular flexibility index (Phi) is 3.97. The maximum Gasteiger partial charge on any atom is 0.329 e. The smallest absolute Gasteiger partial charge is 0.329 e. The van der Waals surface area contributed by atoms with Crippen LogP contribution in [0.15, 0.2) is 29.4 Å². The van der Waals surface area contributed by atoms with Crippen molar-refractivity contribution in [1.29, 1.82) is 0 Å². The highest BCUT2D eigenvalue weighted by atomic mass is 32.2. The van der Waals surface area contributed by atoms with Gasteiger partial charge in [0, 0.05) is 19.4 Å². The summed E-state index contributed by atoms with van der Waals surface area (Å²) in [5.74, 6) is -1.75. The van der Waals surface area contributed by atoms with Crippen molar-refractivity contribution < 1.29 is 23.1 Å². The van der Waals surface area contributed by atoms with Crippen LogP contribution in [0.5, 0.6) is 0 Å². The molecule has 0 atom stereocenters. The molecule has 8 nitrogen and oxygen atoms in total. The molecule has 114 valence electrons. The lowest BCUT2D eigenvalue weighted by Crippen LogP contribution is -2.47. The minimum absolute atomic E-state index is 0.0281. The summed E-state index contributed by atoms with van der Waals surface area (Å²) >= 11 is 0. The van der Waals surface area contributed by atoms with Gasteiger partial charge in [0.15, 0.2) is 0 Å². The number of nitrogens with zero attached hydrogens (tertiary/aromatic N) is 2. The fraction of sp³-hybridized carbons (Fsp3) is 0.417. The van der Waals surface area contributed by atoms with E-state index in [1.165, 1.54) is 31.6 Å². The molecule has 1 aromatic heterocycles. The number of aliphatic carboxylic acids is 1. The summed E-state index contributed by atoms with van der Waals surface area (Å²) in [5.41, 5.74) is -1.23. The number of carbonyl (C=O) groups is 2. The van der Waals surface area contributed by atoms with Gasteiger partial charge in [-0.3, -0.25) is 9.78 Å². The Hall–Kier alpha value is -2.00. The van der Waals surface area contributed by atoms with Gasteiger partial charge >= 0.3 is 5.97 Å². The van der Waals surface area contributed by atoms with Crippen LogP contribution in [0.1, 0.15) is 12.8 Å². The number of aromatic nitrogens is 1. The van der Waals surface area contributed by atoms with Crippen LogP contribution in [-0.4, -0.2) is 53.8 Å². The maximum atomic E-state index is 12.2. The van der Waals surface area contributed by atoms with Gasteiger partial charge in [-0.25, -0.2) is 13.2 Å². The monoisotopic (exact) mass is 313 g/mol. The number of carboxylic acid groups (broad SMARTS) is 1. The summed E-state index contributed by atoms with van der Waals surface area (Å²) in [6.07, 6.45) is 3.33. The zero-order valence-electron chi connectivity index (χ0n) is 11.3. The predicted molar refractivity (Wildman–Crippen MR) is 71.8 cm³/mol. The Morgan fingerprint density at radius 1 is 1.48 bits per heavy atom. The number of nitrogens with one attached hydrogen (secondary N) is 1. The molecule has 0 aliphatic heterocycles. The number of sulfonamides is 1. The molecular formula is C12H15N3O5S. The highest BCUT2D eigenvalue weighted by Crippen LogP contribution is 2.35. The molecule has 2 rings (SSSR count). The molecule has 1 aromatic rings. The van der Waals surface area contributed by atoms with Crippen LogP contribution in [0.3, 0.4) is 0 Å². The van der Waals surface area contributed by atoms with Crippen LogP contribution in [0, 0.1) is 0 Å². The average molecular weight is 313 g/mol. The minimum Gasteiger partial charge on any atom is -0.480 e. The van der Waals surface area contributed by atoms with Gasteiger partial charge in [-0.15, -0.1) is 0 Å². The summed E-state index contributed by atoms with van der Waals surface area (Å²) in [6, 6.07) is 2.85. The molecule has 1 fully saturated rings. The lowest BCUT2D eigenvalue weighted by molar-refractivity contribution is -0.143. The second-order valence-electron chi connectivity index (χ2n) is 4.89. The normalized spacial score (nSPS) is 16.5. The lowest BCUT2D eigenvalue weighted by atomic mass is 10.3. The van der Waals surface area contributed by atoms with Gasteiger partial charge in [-0.2, -0.15) is 4.31 Å². The Labute approximate surface area is 121 Å². The maximum absolute atomic E-state index is 12.2. The zero-order valence-corrected chi connectivity index (χ0v) is 12.1. The van der Waals surface area contributed by atoms with Crippen molar-refractivity contribution in [2.24, 2.45) is 0 Å². The number of hydrogen-bond acceptors (Lipinski definition) is 5. The Morgan fingerprint density at radius 2 is 2.14 bits per heavy atom. The van der Waals surface area contributed by atoms with E-state index in [9.17, 15) is 18.0 Å². The molecule has 9 heteroatoms. The van der Waals surface area contributed by atoms with Crippen molar-refractivity contribution in [1.82, 2.24) is 14.6 Å². The van der Waals surface area contributed by atoms with Crippen molar-refractivity contribution in [3.63, 3.8) is 0 Å². The number of pyridine rings is 1. The number of rotatable bonds is 6. The Balaban J connectivity index is 2.03. The third-order valence-electron chi connectivity index (χ3n) is 3.25. The Morgan fingerprint density at radius 3 is 2.62 bits per heavy atom. The summed E-state index contributed by atoms with van der Waals surface area (Å²) in [4.78, 5) is 26.5. The number of carbonyl (C=O) groups excluding carboxylic acids is 1. The fourth-order valence-electron chi connectivity index (χ4n) is 1.79. The van der Waals surface area contributed by atoms with E-state index in [4.69, 9.17) is 5.11 Å². The standard InChI is InChI=1S/C12H15N3O5S/c1-15(21(19,20)9-3-2-6-13-7-9)8-10(16)14-12(4-5-12)11(17)18/h2-3,6-7H,4-5,8H2,1H3,(H,14,16)(H,17,18). The first-order valence-electron chi connectivity index (χ1n) is 6.19. The molecule has 1 amide bonds. The van der Waals surface area contributed by atoms with Crippen molar-refractivity contribution in [3.8, 4) is 0 Å². The van der Waals surface area contributed by atoms with Crippen molar-refractivity contribution in [3.05, 3.63) is 24.5 Å². The van der Waals surface area contributed by atoms with E-state index in [-0.39, 0.29) is 4.90 Å². The molecule has 1 saturated carbocycles. The predicted octanol–water partition coefficient (Wildman–Crippen LogP) is -0.564. The van der Waals surface area contributed by atoms with Crippen LogP contribution in [0.25, 0.3) is 0 Å². The molecule has 1 aliphatic carbocycles. The molecule has 0 bridgehead atoms. The van der Waals surface area contributed by atoms with Crippen LogP contribution < -0.4 is 5.32 Å². The summed E-state index contributed by atoms with van der Waals surface area (Å²) in [6.45, 7) is -0.452. The van der Waals surface area contributed by atoms with Crippen LogP contribution in [0.4, 0.5) is 0 Å². The zero-order chi connectivity index (χ0) is 15.7. The summed E-state index contributed by atoms with van der Waals surface area (Å²) < 4.78 is 25.2. The number of carboxylic acids is 1. The fourth-order valence-corrected chi connectivity index (χ4v) is 2.88. The molecule has 0 spiro atoms. The van der Waals surface area contributed by atoms with Crippen LogP contribution in [-0.2, 0) is 19.6 Å². The molecule has 2 N–H and O–H groups in total. The van der Waals surface area contributed by atoms with E-state index < -0.39 is 34.0 Å². The number of likely N-dealkylation sites (N-methyl/N-ethyl adjacent to an activating group) is 1. The highest BCUT2D eigenvalue weighted by molar-refractivity contribution is 7.89. The minimum atomic E-state index is -3.83. The van der Waals surface area contributed by atoms with Crippen molar-refractivity contribution in [2.45, 2.75) is 23.3 Å². The van der Waals surface area contributed by atoms with E-state index in [0.717, 1.165) is 4.31 Å². The molecule has 0 saturated heterocycles. The molecule has 21 heavy (non-hydrogen) atoms. The van der Waals surface area contributed by atoms with Crippen molar-refractivity contribution >= 4 is 21.9 Å². The van der Waals surface area contributed by atoms with Crippen LogP contribution >= 0.6 is 0 Å². The number of hydrogen-bond donors (Lipinski definition) is 2. The van der Waals surface area contributed by atoms with E-state index in [0.29, 0.717) is 12.8 Å². The van der Waals surface area contributed by atoms with Crippen LogP contribution in [0.2, 0.25) is 0 Å². The summed E-state index contributed by atoms with van der Waals surface area (Å²) in [7, 11) is -2.57. The second kappa shape index (κ2) is 5.41. The molecular weight excluding hydrogens is 298 g/mol. The molecule has 1 aliphatic rings. The van der Waals surface area contributed by atoms with Gasteiger partial charge in [0.25, 0.3) is 0 Å². The summed E-state index contributed by atoms with van der Waals surface area (Å²) in [5, 5.41) is 11.3. The Bertz CT molecular complexity index is 655. The molecule has 0 unspecified atom stereocenters. The second-order valence-corrected chi connectivity index (χ2v) is 6.93. The quantitative estimate of drug-likeness (QED) is 0.727. The highest BCUT2D eigenvalue weighted by Gasteiger charge is 2.51. The van der Waals surface area contributed by atoms with E-state index in [1.807, 2.05) is 0 Å². The van der Waals surface area contributed by atoms with Gasteiger partial charge in [-0.05, 0) is 25.0 Å². The largest absolute Gasteiger partial charge is 0.480 e. The average Bonchev–Trinajstić information content (AvgIpc) is 3.20. The van der Waals surface area contributed by atoms with Gasteiger partial charge in [0.05, 0.1) is 6.54 Å². The molecule has 0 radical (unpaired) electrons.